The first-order chi connectivity index (χ1) is 11.7. The van der Waals surface area contributed by atoms with E-state index in [4.69, 9.17) is 9.63 Å². The Morgan fingerprint density at radius 2 is 2.00 bits per heavy atom. The molecule has 3 rings (SSSR count). The van der Waals surface area contributed by atoms with E-state index in [9.17, 15) is 9.18 Å². The van der Waals surface area contributed by atoms with Crippen molar-refractivity contribution < 1.29 is 18.8 Å². The lowest BCUT2D eigenvalue weighted by Crippen LogP contribution is -2.26. The highest BCUT2D eigenvalue weighted by Gasteiger charge is 2.23. The number of amides is 1. The summed E-state index contributed by atoms with van der Waals surface area (Å²) in [7, 11) is 0. The topological polar surface area (TPSA) is 101 Å². The first-order valence-corrected chi connectivity index (χ1v) is 7.91. The molecule has 0 fully saturated rings. The van der Waals surface area contributed by atoms with Crippen molar-refractivity contribution >= 4 is 17.2 Å². The Morgan fingerprint density at radius 3 is 2.71 bits per heavy atom. The van der Waals surface area contributed by atoms with Crippen LogP contribution in [-0.2, 0) is 13.0 Å². The molecular formula is C15H13FN4O3S. The lowest BCUT2D eigenvalue weighted by atomic mass is 10.1. The molecule has 9 heteroatoms. The normalized spacial score (nSPS) is 10.8. The first-order valence-electron chi connectivity index (χ1n) is 7.10. The molecule has 0 bridgehead atoms. The summed E-state index contributed by atoms with van der Waals surface area (Å²) in [4.78, 5) is 12.0. The first kappa shape index (κ1) is 16.2. The quantitative estimate of drug-likeness (QED) is 0.704. The van der Waals surface area contributed by atoms with E-state index in [-0.39, 0.29) is 24.6 Å². The van der Waals surface area contributed by atoms with Crippen molar-refractivity contribution in [3.63, 3.8) is 0 Å². The van der Waals surface area contributed by atoms with Crippen LogP contribution in [0, 0.1) is 5.82 Å². The third kappa shape index (κ3) is 3.47. The summed E-state index contributed by atoms with van der Waals surface area (Å²) in [5.74, 6) is -1.53. The molecule has 0 aliphatic rings. The number of carbonyl (C=O) groups excluding carboxylic acids is 1. The molecule has 0 spiro atoms. The number of nitrogens with zero attached hydrogens (tertiary/aromatic N) is 3. The van der Waals surface area contributed by atoms with Crippen LogP contribution in [0.2, 0.25) is 0 Å². The van der Waals surface area contributed by atoms with Crippen LogP contribution >= 0.6 is 11.3 Å². The van der Waals surface area contributed by atoms with Crippen molar-refractivity contribution in [2.24, 2.45) is 0 Å². The SMILES string of the molecule is O=C(NCCc1nnc(CO)s1)c1noc(-c2ccccc2)c1F. The second-order valence-corrected chi connectivity index (χ2v) is 5.94. The van der Waals surface area contributed by atoms with E-state index in [1.54, 1.807) is 30.3 Å². The van der Waals surface area contributed by atoms with Crippen LogP contribution in [0.4, 0.5) is 4.39 Å². The summed E-state index contributed by atoms with van der Waals surface area (Å²) in [6, 6.07) is 8.60. The maximum Gasteiger partial charge on any atom is 0.276 e. The van der Waals surface area contributed by atoms with Crippen molar-refractivity contribution in [2.75, 3.05) is 6.54 Å². The second-order valence-electron chi connectivity index (χ2n) is 4.79. The van der Waals surface area contributed by atoms with Gasteiger partial charge in [0.25, 0.3) is 5.91 Å². The number of rotatable bonds is 6. The Kier molecular flexibility index (Phi) is 4.92. The molecule has 2 heterocycles. The van der Waals surface area contributed by atoms with Crippen LogP contribution in [0.15, 0.2) is 34.9 Å². The largest absolute Gasteiger partial charge is 0.389 e. The number of aromatic nitrogens is 3. The minimum Gasteiger partial charge on any atom is -0.389 e. The number of benzene rings is 1. The van der Waals surface area contributed by atoms with E-state index >= 15 is 0 Å². The van der Waals surface area contributed by atoms with E-state index in [2.05, 4.69) is 20.7 Å². The number of aliphatic hydroxyl groups is 1. The average molecular weight is 348 g/mol. The van der Waals surface area contributed by atoms with Gasteiger partial charge in [0.05, 0.1) is 6.61 Å². The van der Waals surface area contributed by atoms with E-state index in [0.29, 0.717) is 22.0 Å². The Hall–Kier alpha value is -2.65. The molecule has 1 amide bonds. The monoisotopic (exact) mass is 348 g/mol. The van der Waals surface area contributed by atoms with Gasteiger partial charge < -0.3 is 14.9 Å². The molecule has 0 aliphatic carbocycles. The number of nitrogens with one attached hydrogen (secondary N) is 1. The third-order valence-corrected chi connectivity index (χ3v) is 4.12. The van der Waals surface area contributed by atoms with Crippen LogP contribution in [0.25, 0.3) is 11.3 Å². The van der Waals surface area contributed by atoms with E-state index < -0.39 is 11.7 Å². The van der Waals surface area contributed by atoms with Crippen LogP contribution in [0.5, 0.6) is 0 Å². The molecule has 0 radical (unpaired) electrons. The van der Waals surface area contributed by atoms with Gasteiger partial charge in [-0.15, -0.1) is 10.2 Å². The zero-order valence-corrected chi connectivity index (χ0v) is 13.2. The van der Waals surface area contributed by atoms with Crippen LogP contribution in [0.3, 0.4) is 0 Å². The standard InChI is InChI=1S/C15H13FN4O3S/c16-12-13(20-23-14(12)9-4-2-1-3-5-9)15(22)17-7-6-10-18-19-11(8-21)24-10/h1-5,21H,6-8H2,(H,17,22). The maximum atomic E-state index is 14.3. The van der Waals surface area contributed by atoms with Crippen LogP contribution in [0.1, 0.15) is 20.5 Å². The van der Waals surface area contributed by atoms with E-state index in [0.717, 1.165) is 0 Å². The number of hydrogen-bond donors (Lipinski definition) is 2. The average Bonchev–Trinajstić information content (AvgIpc) is 3.22. The van der Waals surface area contributed by atoms with Gasteiger partial charge >= 0.3 is 0 Å². The fourth-order valence-electron chi connectivity index (χ4n) is 2.01. The molecule has 0 aliphatic heterocycles. The smallest absolute Gasteiger partial charge is 0.276 e. The van der Waals surface area contributed by atoms with Gasteiger partial charge in [-0.25, -0.2) is 0 Å². The Labute approximate surface area is 140 Å². The minimum absolute atomic E-state index is 0.0718. The van der Waals surface area contributed by atoms with Gasteiger partial charge in [0, 0.05) is 18.5 Å². The van der Waals surface area contributed by atoms with Crippen LogP contribution < -0.4 is 5.32 Å². The highest BCUT2D eigenvalue weighted by atomic mass is 32.1. The third-order valence-electron chi connectivity index (χ3n) is 3.15. The number of carbonyl (C=O) groups is 1. The summed E-state index contributed by atoms with van der Waals surface area (Å²) in [5, 5.41) is 23.8. The summed E-state index contributed by atoms with van der Waals surface area (Å²) in [6.07, 6.45) is 0.425. The van der Waals surface area contributed by atoms with Crippen molar-refractivity contribution in [2.45, 2.75) is 13.0 Å². The van der Waals surface area contributed by atoms with Gasteiger partial charge in [-0.05, 0) is 0 Å². The molecular weight excluding hydrogens is 335 g/mol. The Balaban J connectivity index is 1.62. The zero-order chi connectivity index (χ0) is 16.9. The summed E-state index contributed by atoms with van der Waals surface area (Å²) < 4.78 is 19.3. The summed E-state index contributed by atoms with van der Waals surface area (Å²) >= 11 is 1.25. The van der Waals surface area contributed by atoms with Gasteiger partial charge in [0.15, 0.2) is 0 Å². The molecule has 2 aromatic heterocycles. The highest BCUT2D eigenvalue weighted by Crippen LogP contribution is 2.24. The summed E-state index contributed by atoms with van der Waals surface area (Å²) in [5.41, 5.74) is 0.120. The number of aliphatic hydroxyl groups excluding tert-OH is 1. The van der Waals surface area contributed by atoms with Crippen molar-refractivity contribution in [3.8, 4) is 11.3 Å². The fraction of sp³-hybridized carbons (Fsp3) is 0.200. The molecule has 0 atom stereocenters. The molecule has 0 unspecified atom stereocenters. The van der Waals surface area contributed by atoms with Crippen molar-refractivity contribution in [3.05, 3.63) is 51.9 Å². The second kappa shape index (κ2) is 7.28. The minimum atomic E-state index is -0.794. The number of halogens is 1. The lowest BCUT2D eigenvalue weighted by Gasteiger charge is -2.00. The molecule has 124 valence electrons. The lowest BCUT2D eigenvalue weighted by molar-refractivity contribution is 0.0941. The van der Waals surface area contributed by atoms with Gasteiger partial charge in [-0.3, -0.25) is 4.79 Å². The van der Waals surface area contributed by atoms with Gasteiger partial charge in [-0.2, -0.15) is 4.39 Å². The molecule has 2 N–H and O–H groups in total. The van der Waals surface area contributed by atoms with E-state index in [1.165, 1.54) is 11.3 Å². The molecule has 0 saturated carbocycles. The number of hydrogen-bond acceptors (Lipinski definition) is 7. The fourth-order valence-corrected chi connectivity index (χ4v) is 2.71. The predicted octanol–water partition coefficient (Wildman–Crippen LogP) is 1.80. The van der Waals surface area contributed by atoms with Crippen molar-refractivity contribution in [1.29, 1.82) is 0 Å². The van der Waals surface area contributed by atoms with Gasteiger partial charge in [0.2, 0.25) is 17.3 Å². The zero-order valence-electron chi connectivity index (χ0n) is 12.4. The molecule has 24 heavy (non-hydrogen) atoms. The molecule has 1 aromatic carbocycles. The Bertz CT molecular complexity index is 834. The van der Waals surface area contributed by atoms with E-state index in [1.807, 2.05) is 0 Å². The van der Waals surface area contributed by atoms with Gasteiger partial charge in [-0.1, -0.05) is 46.8 Å². The predicted molar refractivity (Wildman–Crippen MR) is 83.8 cm³/mol. The molecule has 7 nitrogen and oxygen atoms in total. The summed E-state index contributed by atoms with van der Waals surface area (Å²) in [6.45, 7) is 0.0717. The molecule has 0 saturated heterocycles. The molecule has 3 aromatic rings. The van der Waals surface area contributed by atoms with Crippen molar-refractivity contribution in [1.82, 2.24) is 20.7 Å². The van der Waals surface area contributed by atoms with Crippen LogP contribution in [-0.4, -0.2) is 32.9 Å². The highest BCUT2D eigenvalue weighted by molar-refractivity contribution is 7.11. The van der Waals surface area contributed by atoms with Gasteiger partial charge in [0.1, 0.15) is 10.0 Å². The maximum absolute atomic E-state index is 14.3. The Morgan fingerprint density at radius 1 is 1.25 bits per heavy atom.